The highest BCUT2D eigenvalue weighted by molar-refractivity contribution is 5.91. The van der Waals surface area contributed by atoms with Gasteiger partial charge in [0.15, 0.2) is 0 Å². The Morgan fingerprint density at radius 2 is 1.68 bits per heavy atom. The Hall–Kier alpha value is -2.63. The molecule has 2 atom stereocenters. The van der Waals surface area contributed by atoms with Crippen LogP contribution in [0.25, 0.3) is 6.08 Å². The minimum Gasteiger partial charge on any atom is -0.497 e. The number of aliphatic hydroxyl groups excluding tert-OH is 1. The van der Waals surface area contributed by atoms with Crippen LogP contribution in [0.3, 0.4) is 0 Å². The Bertz CT molecular complexity index is 781. The van der Waals surface area contributed by atoms with Crippen LogP contribution in [0.2, 0.25) is 0 Å². The molecule has 5 heteroatoms. The van der Waals surface area contributed by atoms with Gasteiger partial charge in [-0.15, -0.1) is 0 Å². The molecule has 28 heavy (non-hydrogen) atoms. The molecule has 1 amide bonds. The minimum absolute atomic E-state index is 0.00879. The summed E-state index contributed by atoms with van der Waals surface area (Å²) in [6.07, 6.45) is 2.92. The zero-order chi connectivity index (χ0) is 19.9. The molecule has 148 valence electrons. The van der Waals surface area contributed by atoms with Gasteiger partial charge in [-0.25, -0.2) is 0 Å². The second kappa shape index (κ2) is 9.53. The van der Waals surface area contributed by atoms with Gasteiger partial charge in [-0.1, -0.05) is 42.5 Å². The highest BCUT2D eigenvalue weighted by Crippen LogP contribution is 2.22. The van der Waals surface area contributed by atoms with Crippen molar-refractivity contribution in [1.82, 2.24) is 9.80 Å². The lowest BCUT2D eigenvalue weighted by molar-refractivity contribution is -0.128. The van der Waals surface area contributed by atoms with Crippen LogP contribution in [-0.2, 0) is 4.79 Å². The highest BCUT2D eigenvalue weighted by atomic mass is 16.5. The van der Waals surface area contributed by atoms with Crippen molar-refractivity contribution in [2.24, 2.45) is 0 Å². The van der Waals surface area contributed by atoms with Crippen molar-refractivity contribution in [3.05, 3.63) is 71.8 Å². The Balaban J connectivity index is 1.51. The maximum Gasteiger partial charge on any atom is 0.246 e. The Morgan fingerprint density at radius 3 is 2.29 bits per heavy atom. The first kappa shape index (κ1) is 20.1. The lowest BCUT2D eigenvalue weighted by Crippen LogP contribution is -2.52. The van der Waals surface area contributed by atoms with E-state index in [2.05, 4.69) is 4.90 Å². The number of ether oxygens (including phenoxy) is 1. The molecular weight excluding hydrogens is 352 g/mol. The zero-order valence-electron chi connectivity index (χ0n) is 16.5. The molecule has 5 nitrogen and oxygen atoms in total. The Labute approximate surface area is 166 Å². The average Bonchev–Trinajstić information content (AvgIpc) is 2.77. The molecule has 0 aromatic heterocycles. The van der Waals surface area contributed by atoms with E-state index in [1.165, 1.54) is 0 Å². The third kappa shape index (κ3) is 5.00. The van der Waals surface area contributed by atoms with Gasteiger partial charge in [0.25, 0.3) is 0 Å². The van der Waals surface area contributed by atoms with Gasteiger partial charge < -0.3 is 14.7 Å². The van der Waals surface area contributed by atoms with Crippen molar-refractivity contribution in [3.8, 4) is 5.75 Å². The van der Waals surface area contributed by atoms with Crippen LogP contribution in [-0.4, -0.2) is 60.1 Å². The van der Waals surface area contributed by atoms with E-state index >= 15 is 0 Å². The van der Waals surface area contributed by atoms with Crippen LogP contribution in [0, 0.1) is 0 Å². The molecule has 1 fully saturated rings. The van der Waals surface area contributed by atoms with E-state index in [9.17, 15) is 9.90 Å². The lowest BCUT2D eigenvalue weighted by atomic mass is 10.0. The molecule has 0 aliphatic carbocycles. The molecule has 2 unspecified atom stereocenters. The molecule has 3 rings (SSSR count). The number of rotatable bonds is 6. The second-order valence-corrected chi connectivity index (χ2v) is 7.06. The van der Waals surface area contributed by atoms with Gasteiger partial charge in [0.05, 0.1) is 13.2 Å². The van der Waals surface area contributed by atoms with Crippen molar-refractivity contribution in [3.63, 3.8) is 0 Å². The van der Waals surface area contributed by atoms with Crippen LogP contribution in [0.5, 0.6) is 5.75 Å². The fourth-order valence-corrected chi connectivity index (χ4v) is 3.47. The van der Waals surface area contributed by atoms with Crippen molar-refractivity contribution >= 4 is 12.0 Å². The standard InChI is InChI=1S/C23H28N2O3/c1-18(23(27)20-6-4-3-5-7-20)24-14-16-25(17-15-24)22(26)13-10-19-8-11-21(28-2)12-9-19/h3-13,18,23,27H,14-17H2,1-2H3/b13-10+. The molecule has 1 N–H and O–H groups in total. The molecule has 2 aromatic carbocycles. The molecule has 1 aliphatic rings. The molecule has 0 saturated carbocycles. The number of aliphatic hydroxyl groups is 1. The predicted molar refractivity (Wildman–Crippen MR) is 111 cm³/mol. The summed E-state index contributed by atoms with van der Waals surface area (Å²) in [5.41, 5.74) is 1.89. The molecule has 1 saturated heterocycles. The van der Waals surface area contributed by atoms with E-state index in [4.69, 9.17) is 4.74 Å². The quantitative estimate of drug-likeness (QED) is 0.783. The summed E-state index contributed by atoms with van der Waals surface area (Å²) in [5.74, 6) is 0.818. The largest absolute Gasteiger partial charge is 0.497 e. The number of hydrogen-bond acceptors (Lipinski definition) is 4. The second-order valence-electron chi connectivity index (χ2n) is 7.06. The average molecular weight is 380 g/mol. The van der Waals surface area contributed by atoms with E-state index in [0.29, 0.717) is 13.1 Å². The first-order chi connectivity index (χ1) is 13.6. The van der Waals surface area contributed by atoms with Gasteiger partial charge in [-0.3, -0.25) is 9.69 Å². The normalized spacial score (nSPS) is 17.5. The maximum atomic E-state index is 12.5. The number of carbonyl (C=O) groups excluding carboxylic acids is 1. The molecule has 0 spiro atoms. The first-order valence-electron chi connectivity index (χ1n) is 9.66. The van der Waals surface area contributed by atoms with E-state index < -0.39 is 6.10 Å². The number of hydrogen-bond donors (Lipinski definition) is 1. The summed E-state index contributed by atoms with van der Waals surface area (Å²) in [6.45, 7) is 4.88. The van der Waals surface area contributed by atoms with E-state index in [0.717, 1.165) is 30.0 Å². The molecule has 0 radical (unpaired) electrons. The van der Waals surface area contributed by atoms with Crippen molar-refractivity contribution in [2.75, 3.05) is 33.3 Å². The molecular formula is C23H28N2O3. The summed E-state index contributed by atoms with van der Waals surface area (Å²) < 4.78 is 5.14. The highest BCUT2D eigenvalue weighted by Gasteiger charge is 2.27. The van der Waals surface area contributed by atoms with Crippen LogP contribution < -0.4 is 4.74 Å². The van der Waals surface area contributed by atoms with E-state index in [1.807, 2.05) is 72.5 Å². The minimum atomic E-state index is -0.529. The van der Waals surface area contributed by atoms with E-state index in [-0.39, 0.29) is 11.9 Å². The van der Waals surface area contributed by atoms with Crippen molar-refractivity contribution in [2.45, 2.75) is 19.1 Å². The van der Waals surface area contributed by atoms with Crippen LogP contribution in [0.15, 0.2) is 60.7 Å². The third-order valence-corrected chi connectivity index (χ3v) is 5.33. The van der Waals surface area contributed by atoms with Gasteiger partial charge in [0, 0.05) is 38.3 Å². The molecule has 0 bridgehead atoms. The third-order valence-electron chi connectivity index (χ3n) is 5.33. The van der Waals surface area contributed by atoms with Crippen molar-refractivity contribution in [1.29, 1.82) is 0 Å². The summed E-state index contributed by atoms with van der Waals surface area (Å²) in [4.78, 5) is 16.6. The summed E-state index contributed by atoms with van der Waals surface area (Å²) in [6, 6.07) is 17.3. The molecule has 2 aromatic rings. The monoisotopic (exact) mass is 380 g/mol. The van der Waals surface area contributed by atoms with Gasteiger partial charge >= 0.3 is 0 Å². The Kier molecular flexibility index (Phi) is 6.85. The molecule has 1 aliphatic heterocycles. The van der Waals surface area contributed by atoms with Crippen LogP contribution >= 0.6 is 0 Å². The Morgan fingerprint density at radius 1 is 1.04 bits per heavy atom. The number of piperazine rings is 1. The van der Waals surface area contributed by atoms with Crippen LogP contribution in [0.4, 0.5) is 0 Å². The zero-order valence-corrected chi connectivity index (χ0v) is 16.5. The van der Waals surface area contributed by atoms with Gasteiger partial charge in [0.2, 0.25) is 5.91 Å². The molecule has 1 heterocycles. The van der Waals surface area contributed by atoms with Gasteiger partial charge in [-0.05, 0) is 36.3 Å². The first-order valence-corrected chi connectivity index (χ1v) is 9.66. The fourth-order valence-electron chi connectivity index (χ4n) is 3.47. The lowest BCUT2D eigenvalue weighted by Gasteiger charge is -2.39. The number of nitrogens with zero attached hydrogens (tertiary/aromatic N) is 2. The number of carbonyl (C=O) groups is 1. The number of amides is 1. The van der Waals surface area contributed by atoms with E-state index in [1.54, 1.807) is 13.2 Å². The number of methoxy groups -OCH3 is 1. The van der Waals surface area contributed by atoms with Crippen LogP contribution in [0.1, 0.15) is 24.2 Å². The van der Waals surface area contributed by atoms with Gasteiger partial charge in [-0.2, -0.15) is 0 Å². The van der Waals surface area contributed by atoms with Crippen molar-refractivity contribution < 1.29 is 14.6 Å². The number of benzene rings is 2. The smallest absolute Gasteiger partial charge is 0.246 e. The fraction of sp³-hybridized carbons (Fsp3) is 0.348. The topological polar surface area (TPSA) is 53.0 Å². The summed E-state index contributed by atoms with van der Waals surface area (Å²) in [5, 5.41) is 10.6. The van der Waals surface area contributed by atoms with Gasteiger partial charge in [0.1, 0.15) is 5.75 Å². The SMILES string of the molecule is COc1ccc(/C=C/C(=O)N2CCN(C(C)C(O)c3ccccc3)CC2)cc1. The predicted octanol–water partition coefficient (Wildman–Crippen LogP) is 2.97. The summed E-state index contributed by atoms with van der Waals surface area (Å²) >= 11 is 0. The maximum absolute atomic E-state index is 12.5. The summed E-state index contributed by atoms with van der Waals surface area (Å²) in [7, 11) is 1.63.